The van der Waals surface area contributed by atoms with Gasteiger partial charge in [-0.3, -0.25) is 0 Å². The van der Waals surface area contributed by atoms with Crippen molar-refractivity contribution >= 4 is 5.69 Å². The van der Waals surface area contributed by atoms with Crippen molar-refractivity contribution in [2.75, 3.05) is 11.4 Å². The Morgan fingerprint density at radius 3 is 2.12 bits per heavy atom. The van der Waals surface area contributed by atoms with Crippen LogP contribution in [0.4, 0.5) is 5.69 Å². The average molecular weight is 258 g/mol. The van der Waals surface area contributed by atoms with Gasteiger partial charge < -0.3 is 4.90 Å². The van der Waals surface area contributed by atoms with E-state index in [9.17, 15) is 0 Å². The number of halogens is 1. The van der Waals surface area contributed by atoms with E-state index in [0.29, 0.717) is 0 Å². The number of benzene rings is 1. The number of allylic oxidation sites excluding steroid dienone is 2. The smallest absolute Gasteiger partial charge is 0.0777 e. The van der Waals surface area contributed by atoms with Crippen LogP contribution < -0.4 is 18.9 Å². The summed E-state index contributed by atoms with van der Waals surface area (Å²) in [6, 6.07) is 10.4. The molecular formula is C11H12ClNO4. The maximum absolute atomic E-state index is 8.60. The van der Waals surface area contributed by atoms with E-state index in [1.54, 1.807) is 0 Å². The third-order valence-corrected chi connectivity index (χ3v) is 1.90. The summed E-state index contributed by atoms with van der Waals surface area (Å²) in [4.78, 5) is 2.21. The third kappa shape index (κ3) is 6.72. The molecule has 0 atom stereocenters. The summed E-state index contributed by atoms with van der Waals surface area (Å²) in [7, 11) is -4.69. The number of anilines is 1. The maximum atomic E-state index is 8.60. The molecule has 0 unspecified atom stereocenters. The van der Waals surface area contributed by atoms with Crippen molar-refractivity contribution in [3.8, 4) is 0 Å². The van der Waals surface area contributed by atoms with Crippen molar-refractivity contribution in [1.82, 2.24) is 0 Å². The van der Waals surface area contributed by atoms with Crippen LogP contribution in [0.15, 0.2) is 54.8 Å². The summed E-state index contributed by atoms with van der Waals surface area (Å²) >= 11 is 0. The molecule has 5 nitrogen and oxygen atoms in total. The number of hydrogen-bond donors (Lipinski definition) is 1. The van der Waals surface area contributed by atoms with Crippen LogP contribution in [0.2, 0.25) is 0 Å². The first-order chi connectivity index (χ1) is 7.97. The Morgan fingerprint density at radius 2 is 1.65 bits per heavy atom. The van der Waals surface area contributed by atoms with Gasteiger partial charge in [0.15, 0.2) is 0 Å². The lowest BCUT2D eigenvalue weighted by Gasteiger charge is -2.20. The average Bonchev–Trinajstić information content (AvgIpc) is 2.29. The zero-order valence-electron chi connectivity index (χ0n) is 8.90. The van der Waals surface area contributed by atoms with Crippen LogP contribution in [-0.4, -0.2) is 11.2 Å². The second-order valence-electron chi connectivity index (χ2n) is 3.15. The van der Waals surface area contributed by atoms with Gasteiger partial charge in [-0.25, -0.2) is 0 Å². The Morgan fingerprint density at radius 1 is 1.06 bits per heavy atom. The molecule has 0 amide bonds. The van der Waals surface area contributed by atoms with Gasteiger partial charge in [0.1, 0.15) is 0 Å². The molecule has 1 aliphatic rings. The van der Waals surface area contributed by atoms with Gasteiger partial charge >= 0.3 is 0 Å². The molecular weight excluding hydrogens is 246 g/mol. The molecule has 1 N–H and O–H groups in total. The van der Waals surface area contributed by atoms with E-state index in [2.05, 4.69) is 53.6 Å². The summed E-state index contributed by atoms with van der Waals surface area (Å²) in [5.41, 5.74) is 1.25. The second-order valence-corrected chi connectivity index (χ2v) is 3.95. The fourth-order valence-corrected chi connectivity index (χ4v) is 1.28. The fraction of sp³-hybridized carbons (Fsp3) is 0.0909. The lowest BCUT2D eigenvalue weighted by Crippen LogP contribution is -2.58. The first-order valence-corrected chi connectivity index (χ1v) is 6.01. The van der Waals surface area contributed by atoms with Crippen LogP contribution in [0.25, 0.3) is 0 Å². The minimum Gasteiger partial charge on any atom is -0.344 e. The van der Waals surface area contributed by atoms with Crippen molar-refractivity contribution in [2.45, 2.75) is 0 Å². The lowest BCUT2D eigenvalue weighted by atomic mass is 10.2. The molecule has 1 aromatic carbocycles. The van der Waals surface area contributed by atoms with Crippen LogP contribution in [-0.2, 0) is 0 Å². The normalized spacial score (nSPS) is 14.2. The zero-order chi connectivity index (χ0) is 12.7. The van der Waals surface area contributed by atoms with Gasteiger partial charge in [-0.05, 0) is 18.2 Å². The molecule has 1 heterocycles. The van der Waals surface area contributed by atoms with Crippen molar-refractivity contribution in [2.24, 2.45) is 0 Å². The maximum Gasteiger partial charge on any atom is 0.0777 e. The molecule has 17 heavy (non-hydrogen) atoms. The van der Waals surface area contributed by atoms with E-state index < -0.39 is 10.2 Å². The van der Waals surface area contributed by atoms with Crippen LogP contribution in [0.5, 0.6) is 0 Å². The van der Waals surface area contributed by atoms with Crippen LogP contribution in [0.3, 0.4) is 0 Å². The largest absolute Gasteiger partial charge is 0.344 e. The predicted molar refractivity (Wildman–Crippen MR) is 54.3 cm³/mol. The minimum absolute atomic E-state index is 0.973. The second kappa shape index (κ2) is 6.39. The minimum atomic E-state index is -4.69. The Balaban J connectivity index is 0.000000249. The van der Waals surface area contributed by atoms with E-state index in [4.69, 9.17) is 18.6 Å². The SMILES string of the molecule is C1=CCN(c2ccccc2)C=C1.[O-][Cl+3]([O-])([O-])O. The van der Waals surface area contributed by atoms with Gasteiger partial charge in [0.25, 0.3) is 0 Å². The van der Waals surface area contributed by atoms with Crippen LogP contribution >= 0.6 is 0 Å². The summed E-state index contributed by atoms with van der Waals surface area (Å²) in [5, 5.41) is 0. The zero-order valence-corrected chi connectivity index (χ0v) is 9.66. The highest BCUT2D eigenvalue weighted by atomic mass is 35.7. The van der Waals surface area contributed by atoms with Crippen LogP contribution in [0, 0.1) is 10.2 Å². The Hall–Kier alpha value is -1.37. The van der Waals surface area contributed by atoms with E-state index in [1.165, 1.54) is 5.69 Å². The van der Waals surface area contributed by atoms with Gasteiger partial charge in [0, 0.05) is 18.4 Å². The fourth-order valence-electron chi connectivity index (χ4n) is 1.28. The molecule has 0 aromatic heterocycles. The molecule has 0 saturated heterocycles. The van der Waals surface area contributed by atoms with Crippen LogP contribution in [0.1, 0.15) is 0 Å². The van der Waals surface area contributed by atoms with E-state index in [-0.39, 0.29) is 0 Å². The van der Waals surface area contributed by atoms with E-state index >= 15 is 0 Å². The highest BCUT2D eigenvalue weighted by molar-refractivity contribution is 5.50. The summed E-state index contributed by atoms with van der Waals surface area (Å²) in [6.07, 6.45) is 8.36. The van der Waals surface area contributed by atoms with E-state index in [1.807, 2.05) is 6.07 Å². The summed E-state index contributed by atoms with van der Waals surface area (Å²) in [6.45, 7) is 0.973. The number of rotatable bonds is 1. The molecule has 0 fully saturated rings. The van der Waals surface area contributed by atoms with Gasteiger partial charge in [-0.2, -0.15) is 14.0 Å². The highest BCUT2D eigenvalue weighted by Crippen LogP contribution is 2.14. The Kier molecular flexibility index (Phi) is 5.14. The Labute approximate surface area is 101 Å². The predicted octanol–water partition coefficient (Wildman–Crippen LogP) is -1.55. The molecule has 92 valence electrons. The summed E-state index contributed by atoms with van der Waals surface area (Å²) in [5.74, 6) is 0. The number of para-hydroxylation sites is 1. The Bertz CT molecular complexity index is 380. The third-order valence-electron chi connectivity index (χ3n) is 1.90. The van der Waals surface area contributed by atoms with Gasteiger partial charge in [-0.1, -0.05) is 30.4 Å². The highest BCUT2D eigenvalue weighted by Gasteiger charge is 2.00. The summed E-state index contributed by atoms with van der Waals surface area (Å²) < 4.78 is 32.7. The first kappa shape index (κ1) is 13.7. The molecule has 2 rings (SSSR count). The molecule has 0 saturated carbocycles. The van der Waals surface area contributed by atoms with Crippen molar-refractivity contribution in [1.29, 1.82) is 0 Å². The van der Waals surface area contributed by atoms with Gasteiger partial charge in [-0.15, -0.1) is 0 Å². The quantitative estimate of drug-likeness (QED) is 0.658. The number of nitrogens with zero attached hydrogens (tertiary/aromatic N) is 1. The van der Waals surface area contributed by atoms with Crippen molar-refractivity contribution in [3.05, 3.63) is 54.8 Å². The molecule has 0 bridgehead atoms. The number of hydrogen-bond acceptors (Lipinski definition) is 5. The molecule has 1 aromatic rings. The van der Waals surface area contributed by atoms with Crippen molar-refractivity contribution in [3.63, 3.8) is 0 Å². The topological polar surface area (TPSA) is 92.7 Å². The molecule has 6 heteroatoms. The molecule has 0 radical (unpaired) electrons. The molecule has 1 aliphatic heterocycles. The first-order valence-electron chi connectivity index (χ1n) is 4.75. The van der Waals surface area contributed by atoms with E-state index in [0.717, 1.165) is 6.54 Å². The van der Waals surface area contributed by atoms with Gasteiger partial charge in [0.05, 0.1) is 14.9 Å². The van der Waals surface area contributed by atoms with Crippen molar-refractivity contribution < 1.29 is 28.9 Å². The lowest BCUT2D eigenvalue weighted by molar-refractivity contribution is -1.92. The molecule has 0 aliphatic carbocycles. The van der Waals surface area contributed by atoms with Gasteiger partial charge in [0.2, 0.25) is 0 Å². The standard InChI is InChI=1S/C11H11N.ClHO4/c1-3-7-11(8-4-1)12-9-5-2-6-10-12;2-1(3,4)5/h1-9H,10H2;(H,2,3,4,5). The molecule has 0 spiro atoms. The monoisotopic (exact) mass is 257 g/mol.